The van der Waals surface area contributed by atoms with Crippen molar-refractivity contribution < 1.29 is 4.79 Å². The molecule has 2 heteroatoms. The Labute approximate surface area is 80.4 Å². The Bertz CT molecular complexity index is 318. The molecule has 0 saturated heterocycles. The van der Waals surface area contributed by atoms with E-state index in [4.69, 9.17) is 0 Å². The second-order valence-corrected chi connectivity index (χ2v) is 3.17. The van der Waals surface area contributed by atoms with Crippen LogP contribution >= 0.6 is 0 Å². The van der Waals surface area contributed by atoms with E-state index in [1.54, 1.807) is 0 Å². The first-order valence-corrected chi connectivity index (χ1v) is 4.61. The van der Waals surface area contributed by atoms with Gasteiger partial charge in [0.05, 0.1) is 0 Å². The summed E-state index contributed by atoms with van der Waals surface area (Å²) < 4.78 is 0. The molecule has 0 aliphatic rings. The van der Waals surface area contributed by atoms with Gasteiger partial charge in [-0.2, -0.15) is 0 Å². The zero-order valence-corrected chi connectivity index (χ0v) is 8.42. The monoisotopic (exact) mass is 173 g/mol. The molecule has 0 atom stereocenters. The fourth-order valence-electron chi connectivity index (χ4n) is 1.50. The highest BCUT2D eigenvalue weighted by Crippen LogP contribution is 2.07. The topological polar surface area (TPSA) is 17.1 Å². The standard InChI is InChI=1S/C11H14BO/c1-4-9-5-8(2)10(7-13)6-11(9)12-3/h5-7H,4H2,1-3H3. The highest BCUT2D eigenvalue weighted by molar-refractivity contribution is 6.52. The van der Waals surface area contributed by atoms with E-state index in [0.717, 1.165) is 23.8 Å². The van der Waals surface area contributed by atoms with Gasteiger partial charge in [0.2, 0.25) is 0 Å². The number of hydrogen-bond acceptors (Lipinski definition) is 1. The molecule has 1 radical (unpaired) electrons. The van der Waals surface area contributed by atoms with Crippen molar-refractivity contribution in [2.75, 3.05) is 0 Å². The third-order valence-corrected chi connectivity index (χ3v) is 2.35. The Morgan fingerprint density at radius 1 is 1.46 bits per heavy atom. The van der Waals surface area contributed by atoms with Crippen molar-refractivity contribution in [3.63, 3.8) is 0 Å². The predicted octanol–water partition coefficient (Wildman–Crippen LogP) is 1.75. The first-order valence-electron chi connectivity index (χ1n) is 4.61. The van der Waals surface area contributed by atoms with Crippen molar-refractivity contribution >= 4 is 19.0 Å². The zero-order chi connectivity index (χ0) is 9.84. The quantitative estimate of drug-likeness (QED) is 0.502. The van der Waals surface area contributed by atoms with Crippen LogP contribution < -0.4 is 5.46 Å². The number of aldehydes is 1. The normalized spacial score (nSPS) is 9.77. The van der Waals surface area contributed by atoms with E-state index in [1.165, 1.54) is 11.0 Å². The Hall–Kier alpha value is -1.05. The summed E-state index contributed by atoms with van der Waals surface area (Å²) in [6.07, 6.45) is 1.93. The molecule has 0 aromatic heterocycles. The van der Waals surface area contributed by atoms with Crippen molar-refractivity contribution in [3.05, 3.63) is 28.8 Å². The number of carbonyl (C=O) groups excluding carboxylic acids is 1. The highest BCUT2D eigenvalue weighted by atomic mass is 16.1. The van der Waals surface area contributed by atoms with Crippen LogP contribution in [-0.2, 0) is 6.42 Å². The second kappa shape index (κ2) is 4.26. The maximum absolute atomic E-state index is 10.7. The fraction of sp³-hybridized carbons (Fsp3) is 0.364. The van der Waals surface area contributed by atoms with Crippen LogP contribution in [0.15, 0.2) is 12.1 Å². The predicted molar refractivity (Wildman–Crippen MR) is 57.2 cm³/mol. The Morgan fingerprint density at radius 2 is 2.15 bits per heavy atom. The van der Waals surface area contributed by atoms with Crippen molar-refractivity contribution in [1.82, 2.24) is 0 Å². The van der Waals surface area contributed by atoms with E-state index >= 15 is 0 Å². The first kappa shape index (κ1) is 10.0. The lowest BCUT2D eigenvalue weighted by atomic mass is 9.69. The maximum Gasteiger partial charge on any atom is 0.150 e. The van der Waals surface area contributed by atoms with Gasteiger partial charge in [0.15, 0.2) is 0 Å². The molecular formula is C11H14BO. The van der Waals surface area contributed by atoms with Gasteiger partial charge >= 0.3 is 0 Å². The molecule has 0 aliphatic carbocycles. The molecule has 0 bridgehead atoms. The van der Waals surface area contributed by atoms with Crippen LogP contribution in [0.4, 0.5) is 0 Å². The molecule has 1 rings (SSSR count). The summed E-state index contributed by atoms with van der Waals surface area (Å²) in [5, 5.41) is 0. The smallest absolute Gasteiger partial charge is 0.150 e. The zero-order valence-electron chi connectivity index (χ0n) is 8.42. The van der Waals surface area contributed by atoms with E-state index < -0.39 is 0 Å². The molecule has 0 N–H and O–H groups in total. The molecule has 67 valence electrons. The van der Waals surface area contributed by atoms with Crippen LogP contribution in [0.2, 0.25) is 6.82 Å². The lowest BCUT2D eigenvalue weighted by Crippen LogP contribution is -2.18. The molecule has 0 amide bonds. The van der Waals surface area contributed by atoms with Gasteiger partial charge in [-0.25, -0.2) is 0 Å². The molecule has 1 aromatic carbocycles. The molecule has 13 heavy (non-hydrogen) atoms. The molecule has 0 fully saturated rings. The highest BCUT2D eigenvalue weighted by Gasteiger charge is 2.04. The summed E-state index contributed by atoms with van der Waals surface area (Å²) in [6.45, 7) is 6.10. The van der Waals surface area contributed by atoms with Crippen molar-refractivity contribution in [1.29, 1.82) is 0 Å². The fourth-order valence-corrected chi connectivity index (χ4v) is 1.50. The summed E-state index contributed by atoms with van der Waals surface area (Å²) in [4.78, 5) is 10.7. The Morgan fingerprint density at radius 3 is 2.62 bits per heavy atom. The number of aryl methyl sites for hydroxylation is 2. The summed E-state index contributed by atoms with van der Waals surface area (Å²) in [5.74, 6) is 0. The summed E-state index contributed by atoms with van der Waals surface area (Å²) in [5.41, 5.74) is 4.35. The van der Waals surface area contributed by atoms with E-state index in [1.807, 2.05) is 27.1 Å². The SMILES string of the molecule is C[B]c1cc(C=O)c(C)cc1CC. The lowest BCUT2D eigenvalue weighted by Gasteiger charge is -2.08. The Kier molecular flexibility index (Phi) is 3.29. The first-order chi connectivity index (χ1) is 6.22. The average molecular weight is 173 g/mol. The van der Waals surface area contributed by atoms with Crippen LogP contribution in [0.5, 0.6) is 0 Å². The van der Waals surface area contributed by atoms with Crippen molar-refractivity contribution in [2.24, 2.45) is 0 Å². The largest absolute Gasteiger partial charge is 0.298 e. The summed E-state index contributed by atoms with van der Waals surface area (Å²) in [7, 11) is 2.05. The van der Waals surface area contributed by atoms with Gasteiger partial charge in [-0.15, -0.1) is 0 Å². The van der Waals surface area contributed by atoms with Gasteiger partial charge in [-0.05, 0) is 18.9 Å². The summed E-state index contributed by atoms with van der Waals surface area (Å²) in [6, 6.07) is 4.06. The minimum absolute atomic E-state index is 0.797. The number of hydrogen-bond donors (Lipinski definition) is 0. The van der Waals surface area contributed by atoms with Crippen LogP contribution in [0.1, 0.15) is 28.4 Å². The molecule has 1 nitrogen and oxygen atoms in total. The van der Waals surface area contributed by atoms with Gasteiger partial charge in [0, 0.05) is 5.56 Å². The average Bonchev–Trinajstić information content (AvgIpc) is 2.17. The number of carbonyl (C=O) groups is 1. The van der Waals surface area contributed by atoms with Crippen LogP contribution in [0, 0.1) is 6.92 Å². The second-order valence-electron chi connectivity index (χ2n) is 3.17. The van der Waals surface area contributed by atoms with Crippen molar-refractivity contribution in [3.8, 4) is 0 Å². The minimum atomic E-state index is 0.797. The molecule has 0 heterocycles. The molecule has 0 spiro atoms. The Balaban J connectivity index is 3.26. The molecule has 1 aromatic rings. The van der Waals surface area contributed by atoms with Gasteiger partial charge in [0.25, 0.3) is 0 Å². The van der Waals surface area contributed by atoms with Crippen molar-refractivity contribution in [2.45, 2.75) is 27.1 Å². The molecule has 0 aliphatic heterocycles. The number of rotatable bonds is 3. The van der Waals surface area contributed by atoms with E-state index in [9.17, 15) is 4.79 Å². The minimum Gasteiger partial charge on any atom is -0.298 e. The van der Waals surface area contributed by atoms with Gasteiger partial charge in [0.1, 0.15) is 13.6 Å². The lowest BCUT2D eigenvalue weighted by molar-refractivity contribution is 0.112. The molecular weight excluding hydrogens is 159 g/mol. The van der Waals surface area contributed by atoms with E-state index in [2.05, 4.69) is 13.0 Å². The third-order valence-electron chi connectivity index (χ3n) is 2.35. The van der Waals surface area contributed by atoms with Gasteiger partial charge in [-0.3, -0.25) is 4.79 Å². The third kappa shape index (κ3) is 2.00. The molecule has 0 saturated carbocycles. The number of benzene rings is 1. The molecule has 0 unspecified atom stereocenters. The van der Waals surface area contributed by atoms with Crippen LogP contribution in [0.3, 0.4) is 0 Å². The van der Waals surface area contributed by atoms with Gasteiger partial charge in [-0.1, -0.05) is 36.9 Å². The maximum atomic E-state index is 10.7. The van der Waals surface area contributed by atoms with E-state index in [-0.39, 0.29) is 0 Å². The van der Waals surface area contributed by atoms with Crippen LogP contribution in [-0.4, -0.2) is 13.6 Å². The summed E-state index contributed by atoms with van der Waals surface area (Å²) >= 11 is 0. The van der Waals surface area contributed by atoms with Gasteiger partial charge < -0.3 is 0 Å². The van der Waals surface area contributed by atoms with E-state index in [0.29, 0.717) is 0 Å². The van der Waals surface area contributed by atoms with Crippen LogP contribution in [0.25, 0.3) is 0 Å².